The van der Waals surface area contributed by atoms with Gasteiger partial charge in [0.1, 0.15) is 5.75 Å². The first kappa shape index (κ1) is 13.6. The molecule has 0 unspecified atom stereocenters. The monoisotopic (exact) mass is 282 g/mol. The predicted molar refractivity (Wildman–Crippen MR) is 81.4 cm³/mol. The summed E-state index contributed by atoms with van der Waals surface area (Å²) in [6, 6.07) is 9.67. The lowest BCUT2D eigenvalue weighted by atomic mass is 10.1. The second-order valence-electron chi connectivity index (χ2n) is 5.19. The number of nitrogens with zero attached hydrogens (tertiary/aromatic N) is 2. The van der Waals surface area contributed by atoms with Crippen molar-refractivity contribution in [3.8, 4) is 16.9 Å². The molecule has 0 aliphatic carbocycles. The summed E-state index contributed by atoms with van der Waals surface area (Å²) in [7, 11) is 1.64. The van der Waals surface area contributed by atoms with Gasteiger partial charge in [-0.25, -0.2) is 0 Å². The highest BCUT2D eigenvalue weighted by molar-refractivity contribution is 5.95. The maximum atomic E-state index is 12.4. The van der Waals surface area contributed by atoms with Crippen molar-refractivity contribution in [3.05, 3.63) is 48.3 Å². The first-order valence-electron chi connectivity index (χ1n) is 7.17. The maximum Gasteiger partial charge on any atom is 0.255 e. The second-order valence-corrected chi connectivity index (χ2v) is 5.19. The lowest BCUT2D eigenvalue weighted by Gasteiger charge is -2.15. The van der Waals surface area contributed by atoms with Crippen molar-refractivity contribution in [2.75, 3.05) is 20.2 Å². The molecule has 1 aliphatic rings. The highest BCUT2D eigenvalue weighted by Crippen LogP contribution is 2.24. The summed E-state index contributed by atoms with van der Waals surface area (Å²) in [4.78, 5) is 18.5. The first-order valence-corrected chi connectivity index (χ1v) is 7.17. The zero-order valence-electron chi connectivity index (χ0n) is 12.1. The molecule has 0 bridgehead atoms. The van der Waals surface area contributed by atoms with Crippen LogP contribution < -0.4 is 4.74 Å². The molecule has 1 fully saturated rings. The topological polar surface area (TPSA) is 42.4 Å². The fraction of sp³-hybridized carbons (Fsp3) is 0.294. The third-order valence-electron chi connectivity index (χ3n) is 3.78. The zero-order valence-corrected chi connectivity index (χ0v) is 12.1. The first-order chi connectivity index (χ1) is 10.3. The molecule has 1 aromatic carbocycles. The molecule has 0 radical (unpaired) electrons. The van der Waals surface area contributed by atoms with Crippen molar-refractivity contribution < 1.29 is 9.53 Å². The molecule has 108 valence electrons. The molecule has 4 heteroatoms. The molecule has 1 aliphatic heterocycles. The Hall–Kier alpha value is -2.36. The Morgan fingerprint density at radius 1 is 1.14 bits per heavy atom. The highest BCUT2D eigenvalue weighted by Gasteiger charge is 2.20. The Labute approximate surface area is 124 Å². The fourth-order valence-corrected chi connectivity index (χ4v) is 2.62. The van der Waals surface area contributed by atoms with E-state index in [-0.39, 0.29) is 5.91 Å². The van der Waals surface area contributed by atoms with Gasteiger partial charge in [-0.15, -0.1) is 0 Å². The van der Waals surface area contributed by atoms with E-state index in [1.807, 2.05) is 35.2 Å². The molecule has 0 atom stereocenters. The van der Waals surface area contributed by atoms with Gasteiger partial charge in [-0.3, -0.25) is 9.78 Å². The molecule has 2 heterocycles. The Morgan fingerprint density at radius 2 is 1.95 bits per heavy atom. The van der Waals surface area contributed by atoms with Crippen molar-refractivity contribution in [1.29, 1.82) is 0 Å². The highest BCUT2D eigenvalue weighted by atomic mass is 16.5. The van der Waals surface area contributed by atoms with Crippen molar-refractivity contribution in [1.82, 2.24) is 9.88 Å². The fourth-order valence-electron chi connectivity index (χ4n) is 2.62. The van der Waals surface area contributed by atoms with Gasteiger partial charge in [-0.05, 0) is 36.6 Å². The van der Waals surface area contributed by atoms with Crippen LogP contribution in [0, 0.1) is 0 Å². The van der Waals surface area contributed by atoms with Crippen LogP contribution in [0.25, 0.3) is 11.1 Å². The standard InChI is InChI=1S/C17H18N2O2/c1-21-16-6-4-5-13(10-16)14-9-15(12-18-11-14)17(20)19-7-2-3-8-19/h4-6,9-12H,2-3,7-8H2,1H3. The van der Waals surface area contributed by atoms with E-state index >= 15 is 0 Å². The number of pyridine rings is 1. The van der Waals surface area contributed by atoms with Crippen LogP contribution in [-0.2, 0) is 0 Å². The number of methoxy groups -OCH3 is 1. The van der Waals surface area contributed by atoms with Gasteiger partial charge in [0.05, 0.1) is 12.7 Å². The maximum absolute atomic E-state index is 12.4. The summed E-state index contributed by atoms with van der Waals surface area (Å²) in [5.74, 6) is 0.869. The van der Waals surface area contributed by atoms with Crippen LogP contribution in [0.1, 0.15) is 23.2 Å². The Bertz CT molecular complexity index is 649. The molecular formula is C17H18N2O2. The Balaban J connectivity index is 1.90. The number of aromatic nitrogens is 1. The van der Waals surface area contributed by atoms with Crippen LogP contribution in [0.2, 0.25) is 0 Å². The van der Waals surface area contributed by atoms with Crippen LogP contribution in [0.15, 0.2) is 42.7 Å². The summed E-state index contributed by atoms with van der Waals surface area (Å²) in [5, 5.41) is 0. The molecule has 1 saturated heterocycles. The Morgan fingerprint density at radius 3 is 2.71 bits per heavy atom. The summed E-state index contributed by atoms with van der Waals surface area (Å²) in [5.41, 5.74) is 2.58. The van der Waals surface area contributed by atoms with Gasteiger partial charge in [-0.2, -0.15) is 0 Å². The normalized spacial score (nSPS) is 14.2. The lowest BCUT2D eigenvalue weighted by Crippen LogP contribution is -2.27. The third-order valence-corrected chi connectivity index (χ3v) is 3.78. The number of ether oxygens (including phenoxy) is 1. The number of benzene rings is 1. The number of carbonyl (C=O) groups excluding carboxylic acids is 1. The molecule has 0 N–H and O–H groups in total. The molecule has 1 amide bonds. The number of hydrogen-bond donors (Lipinski definition) is 0. The molecule has 4 nitrogen and oxygen atoms in total. The van der Waals surface area contributed by atoms with Gasteiger partial charge in [0, 0.05) is 31.0 Å². The molecule has 21 heavy (non-hydrogen) atoms. The minimum Gasteiger partial charge on any atom is -0.497 e. The van der Waals surface area contributed by atoms with E-state index in [0.29, 0.717) is 5.56 Å². The van der Waals surface area contributed by atoms with Crippen LogP contribution >= 0.6 is 0 Å². The van der Waals surface area contributed by atoms with E-state index < -0.39 is 0 Å². The average molecular weight is 282 g/mol. The molecule has 2 aromatic rings. The van der Waals surface area contributed by atoms with E-state index in [1.165, 1.54) is 0 Å². The SMILES string of the molecule is COc1cccc(-c2cncc(C(=O)N3CCCC3)c2)c1. The van der Waals surface area contributed by atoms with E-state index in [2.05, 4.69) is 4.98 Å². The summed E-state index contributed by atoms with van der Waals surface area (Å²) in [6.45, 7) is 1.70. The van der Waals surface area contributed by atoms with Crippen molar-refractivity contribution >= 4 is 5.91 Å². The van der Waals surface area contributed by atoms with Crippen molar-refractivity contribution in [2.24, 2.45) is 0 Å². The Kier molecular flexibility index (Phi) is 3.86. The minimum absolute atomic E-state index is 0.0738. The van der Waals surface area contributed by atoms with Gasteiger partial charge in [0.25, 0.3) is 5.91 Å². The smallest absolute Gasteiger partial charge is 0.255 e. The van der Waals surface area contributed by atoms with Crippen LogP contribution in [-0.4, -0.2) is 36.0 Å². The average Bonchev–Trinajstić information content (AvgIpc) is 3.09. The van der Waals surface area contributed by atoms with Crippen LogP contribution in [0.4, 0.5) is 0 Å². The van der Waals surface area contributed by atoms with Gasteiger partial charge in [-0.1, -0.05) is 12.1 Å². The number of likely N-dealkylation sites (tertiary alicyclic amines) is 1. The number of hydrogen-bond acceptors (Lipinski definition) is 3. The number of amides is 1. The third kappa shape index (κ3) is 2.89. The van der Waals surface area contributed by atoms with Crippen LogP contribution in [0.5, 0.6) is 5.75 Å². The molecule has 3 rings (SSSR count). The molecule has 0 spiro atoms. The molecular weight excluding hydrogens is 264 g/mol. The quantitative estimate of drug-likeness (QED) is 0.869. The van der Waals surface area contributed by atoms with E-state index in [0.717, 1.165) is 42.8 Å². The summed E-state index contributed by atoms with van der Waals surface area (Å²) >= 11 is 0. The number of carbonyl (C=O) groups is 1. The van der Waals surface area contributed by atoms with Gasteiger partial charge < -0.3 is 9.64 Å². The summed E-state index contributed by atoms with van der Waals surface area (Å²) in [6.07, 6.45) is 5.60. The lowest BCUT2D eigenvalue weighted by molar-refractivity contribution is 0.0792. The van der Waals surface area contributed by atoms with Crippen LogP contribution in [0.3, 0.4) is 0 Å². The summed E-state index contributed by atoms with van der Waals surface area (Å²) < 4.78 is 5.24. The van der Waals surface area contributed by atoms with E-state index in [4.69, 9.17) is 4.74 Å². The largest absolute Gasteiger partial charge is 0.497 e. The van der Waals surface area contributed by atoms with Crippen molar-refractivity contribution in [3.63, 3.8) is 0 Å². The van der Waals surface area contributed by atoms with Gasteiger partial charge in [0.2, 0.25) is 0 Å². The molecule has 0 saturated carbocycles. The van der Waals surface area contributed by atoms with Crippen molar-refractivity contribution in [2.45, 2.75) is 12.8 Å². The van der Waals surface area contributed by atoms with Gasteiger partial charge >= 0.3 is 0 Å². The second kappa shape index (κ2) is 5.95. The van der Waals surface area contributed by atoms with E-state index in [9.17, 15) is 4.79 Å². The zero-order chi connectivity index (χ0) is 14.7. The molecule has 1 aromatic heterocycles. The van der Waals surface area contributed by atoms with E-state index in [1.54, 1.807) is 19.5 Å². The number of rotatable bonds is 3. The minimum atomic E-state index is 0.0738. The predicted octanol–water partition coefficient (Wildman–Crippen LogP) is 2.99. The van der Waals surface area contributed by atoms with Gasteiger partial charge in [0.15, 0.2) is 0 Å².